The first kappa shape index (κ1) is 8.39. The molecule has 0 aliphatic rings. The molecule has 0 aromatic rings. The maximum Gasteiger partial charge on any atom is 0.237 e. The average molecular weight is 131 g/mol. The van der Waals surface area contributed by atoms with Crippen LogP contribution in [0.25, 0.3) is 0 Å². The molecule has 0 bridgehead atoms. The summed E-state index contributed by atoms with van der Waals surface area (Å²) in [6.45, 7) is 0.514. The van der Waals surface area contributed by atoms with Crippen molar-refractivity contribution in [1.82, 2.24) is 10.6 Å². The van der Waals surface area contributed by atoms with Gasteiger partial charge in [-0.15, -0.1) is 0 Å². The first-order chi connectivity index (χ1) is 4.22. The second kappa shape index (κ2) is 4.29. The highest BCUT2D eigenvalue weighted by atomic mass is 16.2. The maximum absolute atomic E-state index is 10.6. The molecule has 0 fully saturated rings. The lowest BCUT2D eigenvalue weighted by Gasteiger charge is -2.07. The molecule has 1 unspecified atom stereocenters. The van der Waals surface area contributed by atoms with E-state index < -0.39 is 6.04 Å². The Morgan fingerprint density at radius 1 is 1.67 bits per heavy atom. The number of hydrogen-bond donors (Lipinski definition) is 3. The van der Waals surface area contributed by atoms with Crippen LogP contribution >= 0.6 is 0 Å². The number of carbonyl (C=O) groups excluding carboxylic acids is 1. The molecule has 0 aliphatic carbocycles. The third kappa shape index (κ3) is 3.05. The summed E-state index contributed by atoms with van der Waals surface area (Å²) in [6.07, 6.45) is 0. The smallest absolute Gasteiger partial charge is 0.237 e. The van der Waals surface area contributed by atoms with Crippen molar-refractivity contribution in [2.45, 2.75) is 6.04 Å². The van der Waals surface area contributed by atoms with Crippen molar-refractivity contribution >= 4 is 5.91 Å². The zero-order valence-corrected chi connectivity index (χ0v) is 5.77. The van der Waals surface area contributed by atoms with Gasteiger partial charge in [-0.1, -0.05) is 0 Å². The minimum Gasteiger partial charge on any atom is -0.358 e. The molecule has 4 nitrogen and oxygen atoms in total. The van der Waals surface area contributed by atoms with Crippen LogP contribution < -0.4 is 16.4 Å². The Morgan fingerprint density at radius 2 is 2.22 bits per heavy atom. The van der Waals surface area contributed by atoms with Gasteiger partial charge in [0.25, 0.3) is 0 Å². The zero-order valence-electron chi connectivity index (χ0n) is 5.77. The lowest BCUT2D eigenvalue weighted by molar-refractivity contribution is -0.121. The van der Waals surface area contributed by atoms with Gasteiger partial charge in [-0.2, -0.15) is 0 Å². The predicted octanol–water partition coefficient (Wildman–Crippen LogP) is -1.72. The molecular formula is C5H13N3O. The second-order valence-corrected chi connectivity index (χ2v) is 1.78. The number of likely N-dealkylation sites (N-methyl/N-ethyl adjacent to an activating group) is 2. The van der Waals surface area contributed by atoms with Crippen molar-refractivity contribution in [2.24, 2.45) is 5.73 Å². The van der Waals surface area contributed by atoms with Crippen LogP contribution in [0, 0.1) is 0 Å². The van der Waals surface area contributed by atoms with Crippen LogP contribution in [-0.2, 0) is 4.79 Å². The lowest BCUT2D eigenvalue weighted by atomic mass is 10.3. The SMILES string of the molecule is CNCC(N)C(=O)NC. The average Bonchev–Trinajstić information content (AvgIpc) is 1.87. The van der Waals surface area contributed by atoms with Gasteiger partial charge < -0.3 is 16.4 Å². The highest BCUT2D eigenvalue weighted by Crippen LogP contribution is 1.72. The van der Waals surface area contributed by atoms with Crippen LogP contribution in [0.4, 0.5) is 0 Å². The van der Waals surface area contributed by atoms with Gasteiger partial charge in [0.05, 0.1) is 6.04 Å². The van der Waals surface area contributed by atoms with Gasteiger partial charge in [0.1, 0.15) is 0 Å². The summed E-state index contributed by atoms with van der Waals surface area (Å²) in [7, 11) is 3.32. The third-order valence-corrected chi connectivity index (χ3v) is 1.01. The Labute approximate surface area is 54.8 Å². The number of amides is 1. The highest BCUT2D eigenvalue weighted by molar-refractivity contribution is 5.81. The molecular weight excluding hydrogens is 118 g/mol. The van der Waals surface area contributed by atoms with Crippen molar-refractivity contribution in [2.75, 3.05) is 20.6 Å². The van der Waals surface area contributed by atoms with Gasteiger partial charge in [-0.05, 0) is 7.05 Å². The minimum atomic E-state index is -0.431. The number of nitrogens with one attached hydrogen (secondary N) is 2. The van der Waals surface area contributed by atoms with Crippen LogP contribution in [0.2, 0.25) is 0 Å². The Kier molecular flexibility index (Phi) is 4.00. The molecule has 9 heavy (non-hydrogen) atoms. The molecule has 4 heteroatoms. The summed E-state index contributed by atoms with van der Waals surface area (Å²) in [5, 5.41) is 5.24. The van der Waals surface area contributed by atoms with Gasteiger partial charge in [-0.3, -0.25) is 4.79 Å². The molecule has 4 N–H and O–H groups in total. The summed E-state index contributed by atoms with van der Waals surface area (Å²) < 4.78 is 0. The Bertz CT molecular complexity index is 94.2. The highest BCUT2D eigenvalue weighted by Gasteiger charge is 2.08. The third-order valence-electron chi connectivity index (χ3n) is 1.01. The van der Waals surface area contributed by atoms with Crippen LogP contribution in [-0.4, -0.2) is 32.6 Å². The topological polar surface area (TPSA) is 67.1 Å². The van der Waals surface area contributed by atoms with E-state index in [1.165, 1.54) is 0 Å². The molecule has 0 aliphatic heterocycles. The van der Waals surface area contributed by atoms with E-state index in [1.54, 1.807) is 14.1 Å². The van der Waals surface area contributed by atoms with Crippen molar-refractivity contribution in [3.63, 3.8) is 0 Å². The van der Waals surface area contributed by atoms with E-state index in [2.05, 4.69) is 10.6 Å². The van der Waals surface area contributed by atoms with Gasteiger partial charge in [0.2, 0.25) is 5.91 Å². The zero-order chi connectivity index (χ0) is 7.28. The van der Waals surface area contributed by atoms with Gasteiger partial charge >= 0.3 is 0 Å². The Morgan fingerprint density at radius 3 is 2.56 bits per heavy atom. The van der Waals surface area contributed by atoms with Crippen molar-refractivity contribution in [1.29, 1.82) is 0 Å². The molecule has 1 atom stereocenters. The molecule has 0 aromatic carbocycles. The number of rotatable bonds is 3. The van der Waals surface area contributed by atoms with Crippen molar-refractivity contribution in [3.05, 3.63) is 0 Å². The van der Waals surface area contributed by atoms with Crippen LogP contribution in [0.5, 0.6) is 0 Å². The van der Waals surface area contributed by atoms with Gasteiger partial charge in [0.15, 0.2) is 0 Å². The summed E-state index contributed by atoms with van der Waals surface area (Å²) >= 11 is 0. The number of nitrogens with two attached hydrogens (primary N) is 1. The molecule has 0 heterocycles. The molecule has 54 valence electrons. The quantitative estimate of drug-likeness (QED) is 0.427. The van der Waals surface area contributed by atoms with Crippen LogP contribution in [0.1, 0.15) is 0 Å². The van der Waals surface area contributed by atoms with E-state index in [1.807, 2.05) is 0 Å². The van der Waals surface area contributed by atoms with Crippen molar-refractivity contribution in [3.8, 4) is 0 Å². The van der Waals surface area contributed by atoms with E-state index in [0.717, 1.165) is 0 Å². The van der Waals surface area contributed by atoms with E-state index in [0.29, 0.717) is 6.54 Å². The maximum atomic E-state index is 10.6. The van der Waals surface area contributed by atoms with Crippen LogP contribution in [0.3, 0.4) is 0 Å². The van der Waals surface area contributed by atoms with E-state index >= 15 is 0 Å². The number of hydrogen-bond acceptors (Lipinski definition) is 3. The molecule has 0 radical (unpaired) electrons. The van der Waals surface area contributed by atoms with E-state index in [9.17, 15) is 4.79 Å². The molecule has 0 saturated carbocycles. The van der Waals surface area contributed by atoms with E-state index in [-0.39, 0.29) is 5.91 Å². The predicted molar refractivity (Wildman–Crippen MR) is 36.0 cm³/mol. The molecule has 0 aromatic heterocycles. The van der Waals surface area contributed by atoms with Crippen LogP contribution in [0.15, 0.2) is 0 Å². The van der Waals surface area contributed by atoms with E-state index in [4.69, 9.17) is 5.73 Å². The second-order valence-electron chi connectivity index (χ2n) is 1.78. The standard InChI is InChI=1S/C5H13N3O/c1-7-3-4(6)5(9)8-2/h4,7H,3,6H2,1-2H3,(H,8,9). The Hall–Kier alpha value is -0.610. The normalized spacial score (nSPS) is 12.8. The minimum absolute atomic E-state index is 0.135. The first-order valence-electron chi connectivity index (χ1n) is 2.84. The fourth-order valence-electron chi connectivity index (χ4n) is 0.498. The Balaban J connectivity index is 3.45. The molecule has 1 amide bonds. The molecule has 0 spiro atoms. The first-order valence-corrected chi connectivity index (χ1v) is 2.84. The summed E-state index contributed by atoms with van der Waals surface area (Å²) in [5.74, 6) is -0.135. The van der Waals surface area contributed by atoms with Gasteiger partial charge in [-0.25, -0.2) is 0 Å². The lowest BCUT2D eigenvalue weighted by Crippen LogP contribution is -2.44. The summed E-state index contributed by atoms with van der Waals surface area (Å²) in [5.41, 5.74) is 5.36. The van der Waals surface area contributed by atoms with Gasteiger partial charge in [0, 0.05) is 13.6 Å². The largest absolute Gasteiger partial charge is 0.358 e. The fraction of sp³-hybridized carbons (Fsp3) is 0.800. The monoisotopic (exact) mass is 131 g/mol. The fourth-order valence-corrected chi connectivity index (χ4v) is 0.498. The van der Waals surface area contributed by atoms with Crippen molar-refractivity contribution < 1.29 is 4.79 Å². The number of carbonyl (C=O) groups is 1. The molecule has 0 saturated heterocycles. The summed E-state index contributed by atoms with van der Waals surface area (Å²) in [6, 6.07) is -0.431. The summed E-state index contributed by atoms with van der Waals surface area (Å²) in [4.78, 5) is 10.6. The molecule has 0 rings (SSSR count).